The Morgan fingerprint density at radius 1 is 1.33 bits per heavy atom. The predicted octanol–water partition coefficient (Wildman–Crippen LogP) is 0.996. The van der Waals surface area contributed by atoms with E-state index in [1.54, 1.807) is 0 Å². The zero-order chi connectivity index (χ0) is 11.6. The molecule has 1 unspecified atom stereocenters. The molecular weight excluding hydrogens is 186 g/mol. The molecule has 1 atom stereocenters. The molecule has 2 N–H and O–H groups in total. The summed E-state index contributed by atoms with van der Waals surface area (Å²) in [6.45, 7) is 13.3. The number of rotatable bonds is 3. The van der Waals surface area contributed by atoms with E-state index in [-0.39, 0.29) is 5.54 Å². The van der Waals surface area contributed by atoms with Crippen LogP contribution in [0.3, 0.4) is 0 Å². The molecule has 1 aliphatic rings. The van der Waals surface area contributed by atoms with Crippen LogP contribution >= 0.6 is 0 Å². The molecule has 0 aromatic rings. The van der Waals surface area contributed by atoms with Crippen molar-refractivity contribution in [1.82, 2.24) is 9.80 Å². The van der Waals surface area contributed by atoms with Crippen LogP contribution in [0.1, 0.15) is 27.7 Å². The molecule has 0 spiro atoms. The molecule has 3 heteroatoms. The van der Waals surface area contributed by atoms with E-state index < -0.39 is 0 Å². The summed E-state index contributed by atoms with van der Waals surface area (Å²) >= 11 is 0. The van der Waals surface area contributed by atoms with Gasteiger partial charge >= 0.3 is 0 Å². The van der Waals surface area contributed by atoms with Crippen molar-refractivity contribution in [3.63, 3.8) is 0 Å². The van der Waals surface area contributed by atoms with Crippen molar-refractivity contribution in [2.75, 3.05) is 33.2 Å². The molecule has 1 aliphatic heterocycles. The summed E-state index contributed by atoms with van der Waals surface area (Å²) in [4.78, 5) is 4.98. The second-order valence-electron chi connectivity index (χ2n) is 6.02. The molecule has 90 valence electrons. The molecule has 1 saturated heterocycles. The Morgan fingerprint density at radius 3 is 2.40 bits per heavy atom. The third-order valence-corrected chi connectivity index (χ3v) is 3.18. The first kappa shape index (κ1) is 12.9. The fraction of sp³-hybridized carbons (Fsp3) is 1.00. The van der Waals surface area contributed by atoms with E-state index in [1.165, 1.54) is 6.54 Å². The minimum atomic E-state index is -0.0720. The van der Waals surface area contributed by atoms with Gasteiger partial charge in [0.1, 0.15) is 0 Å². The van der Waals surface area contributed by atoms with E-state index in [0.29, 0.717) is 6.04 Å². The molecular formula is C12H27N3. The van der Waals surface area contributed by atoms with Crippen LogP contribution in [0.5, 0.6) is 0 Å². The van der Waals surface area contributed by atoms with Crippen molar-refractivity contribution < 1.29 is 0 Å². The highest BCUT2D eigenvalue weighted by Crippen LogP contribution is 2.16. The SMILES string of the molecule is CC(C)C1CN(CC(C)(C)N)CCN1C. The first-order valence-corrected chi connectivity index (χ1v) is 6.01. The fourth-order valence-corrected chi connectivity index (χ4v) is 2.40. The summed E-state index contributed by atoms with van der Waals surface area (Å²) in [5, 5.41) is 0. The van der Waals surface area contributed by atoms with Gasteiger partial charge < -0.3 is 10.6 Å². The molecule has 1 heterocycles. The Kier molecular flexibility index (Phi) is 4.15. The number of hydrogen-bond donors (Lipinski definition) is 1. The van der Waals surface area contributed by atoms with Crippen molar-refractivity contribution in [1.29, 1.82) is 0 Å². The molecule has 0 bridgehead atoms. The second kappa shape index (κ2) is 4.81. The molecule has 3 nitrogen and oxygen atoms in total. The van der Waals surface area contributed by atoms with Crippen LogP contribution in [0.2, 0.25) is 0 Å². The number of piperazine rings is 1. The van der Waals surface area contributed by atoms with Crippen molar-refractivity contribution in [2.24, 2.45) is 11.7 Å². The largest absolute Gasteiger partial charge is 0.324 e. The van der Waals surface area contributed by atoms with Crippen LogP contribution in [-0.4, -0.2) is 54.6 Å². The Bertz CT molecular complexity index is 196. The minimum absolute atomic E-state index is 0.0720. The third kappa shape index (κ3) is 4.09. The van der Waals surface area contributed by atoms with Crippen molar-refractivity contribution in [3.05, 3.63) is 0 Å². The second-order valence-corrected chi connectivity index (χ2v) is 6.02. The summed E-state index contributed by atoms with van der Waals surface area (Å²) in [5.74, 6) is 0.721. The lowest BCUT2D eigenvalue weighted by Gasteiger charge is -2.43. The predicted molar refractivity (Wildman–Crippen MR) is 66.0 cm³/mol. The molecule has 0 aromatic carbocycles. The maximum atomic E-state index is 6.07. The average molecular weight is 213 g/mol. The van der Waals surface area contributed by atoms with E-state index in [2.05, 4.69) is 44.5 Å². The minimum Gasteiger partial charge on any atom is -0.324 e. The van der Waals surface area contributed by atoms with Gasteiger partial charge in [-0.25, -0.2) is 0 Å². The molecule has 0 radical (unpaired) electrons. The normalized spacial score (nSPS) is 26.2. The maximum Gasteiger partial charge on any atom is 0.0243 e. The molecule has 0 amide bonds. The molecule has 15 heavy (non-hydrogen) atoms. The van der Waals surface area contributed by atoms with Crippen LogP contribution in [0.25, 0.3) is 0 Å². The van der Waals surface area contributed by atoms with Crippen LogP contribution in [-0.2, 0) is 0 Å². The summed E-state index contributed by atoms with van der Waals surface area (Å²) < 4.78 is 0. The van der Waals surface area contributed by atoms with E-state index >= 15 is 0 Å². The van der Waals surface area contributed by atoms with E-state index in [9.17, 15) is 0 Å². The van der Waals surface area contributed by atoms with Gasteiger partial charge in [-0.2, -0.15) is 0 Å². The zero-order valence-corrected chi connectivity index (χ0v) is 11.0. The van der Waals surface area contributed by atoms with Crippen LogP contribution in [0.15, 0.2) is 0 Å². The summed E-state index contributed by atoms with van der Waals surface area (Å²) in [6.07, 6.45) is 0. The van der Waals surface area contributed by atoms with Gasteiger partial charge in [0, 0.05) is 37.8 Å². The van der Waals surface area contributed by atoms with E-state index in [0.717, 1.165) is 25.6 Å². The number of nitrogens with two attached hydrogens (primary N) is 1. The molecule has 0 aromatic heterocycles. The van der Waals surface area contributed by atoms with Gasteiger partial charge in [-0.3, -0.25) is 4.90 Å². The summed E-state index contributed by atoms with van der Waals surface area (Å²) in [5.41, 5.74) is 6.00. The lowest BCUT2D eigenvalue weighted by Crippen LogP contribution is -2.57. The van der Waals surface area contributed by atoms with E-state index in [4.69, 9.17) is 5.73 Å². The smallest absolute Gasteiger partial charge is 0.0243 e. The lowest BCUT2D eigenvalue weighted by atomic mass is 9.98. The van der Waals surface area contributed by atoms with Crippen LogP contribution in [0.4, 0.5) is 0 Å². The fourth-order valence-electron chi connectivity index (χ4n) is 2.40. The Hall–Kier alpha value is -0.120. The quantitative estimate of drug-likeness (QED) is 0.759. The lowest BCUT2D eigenvalue weighted by molar-refractivity contribution is 0.0598. The highest BCUT2D eigenvalue weighted by molar-refractivity contribution is 4.86. The number of nitrogens with zero attached hydrogens (tertiary/aromatic N) is 2. The summed E-state index contributed by atoms with van der Waals surface area (Å²) in [7, 11) is 2.23. The number of hydrogen-bond acceptors (Lipinski definition) is 3. The van der Waals surface area contributed by atoms with Crippen molar-refractivity contribution in [2.45, 2.75) is 39.3 Å². The van der Waals surface area contributed by atoms with Crippen LogP contribution in [0, 0.1) is 5.92 Å². The summed E-state index contributed by atoms with van der Waals surface area (Å²) in [6, 6.07) is 0.682. The molecule has 0 saturated carbocycles. The molecule has 1 rings (SSSR count). The first-order chi connectivity index (χ1) is 6.79. The zero-order valence-electron chi connectivity index (χ0n) is 11.0. The molecule has 0 aliphatic carbocycles. The molecule has 1 fully saturated rings. The van der Waals surface area contributed by atoms with Gasteiger partial charge in [0.25, 0.3) is 0 Å². The average Bonchev–Trinajstić information content (AvgIpc) is 2.05. The van der Waals surface area contributed by atoms with Gasteiger partial charge in [0.05, 0.1) is 0 Å². The Morgan fingerprint density at radius 2 is 1.93 bits per heavy atom. The van der Waals surface area contributed by atoms with Crippen molar-refractivity contribution in [3.8, 4) is 0 Å². The standard InChI is InChI=1S/C12H27N3/c1-10(2)11-8-15(7-6-14(11)5)9-12(3,4)13/h10-11H,6-9,13H2,1-5H3. The Balaban J connectivity index is 2.51. The first-order valence-electron chi connectivity index (χ1n) is 6.01. The highest BCUT2D eigenvalue weighted by Gasteiger charge is 2.28. The Labute approximate surface area is 94.6 Å². The van der Waals surface area contributed by atoms with Gasteiger partial charge in [-0.1, -0.05) is 13.8 Å². The van der Waals surface area contributed by atoms with Crippen molar-refractivity contribution >= 4 is 0 Å². The van der Waals surface area contributed by atoms with Gasteiger partial charge in [-0.15, -0.1) is 0 Å². The highest BCUT2D eigenvalue weighted by atomic mass is 15.3. The third-order valence-electron chi connectivity index (χ3n) is 3.18. The topological polar surface area (TPSA) is 32.5 Å². The van der Waals surface area contributed by atoms with Gasteiger partial charge in [0.2, 0.25) is 0 Å². The maximum absolute atomic E-state index is 6.07. The monoisotopic (exact) mass is 213 g/mol. The number of likely N-dealkylation sites (N-methyl/N-ethyl adjacent to an activating group) is 1. The van der Waals surface area contributed by atoms with Gasteiger partial charge in [0.15, 0.2) is 0 Å². The van der Waals surface area contributed by atoms with Gasteiger partial charge in [-0.05, 0) is 26.8 Å². The van der Waals surface area contributed by atoms with Crippen LogP contribution < -0.4 is 5.73 Å². The van der Waals surface area contributed by atoms with E-state index in [1.807, 2.05) is 0 Å².